The van der Waals surface area contributed by atoms with Crippen LogP contribution in [-0.2, 0) is 60.1 Å². The summed E-state index contributed by atoms with van der Waals surface area (Å²) in [5.41, 5.74) is 18.6. The summed E-state index contributed by atoms with van der Waals surface area (Å²) in [7, 11) is -17.7. The van der Waals surface area contributed by atoms with Crippen LogP contribution in [-0.4, -0.2) is 93.0 Å². The van der Waals surface area contributed by atoms with Crippen molar-refractivity contribution in [1.29, 1.82) is 0 Å². The Hall–Kier alpha value is -5.81. The van der Waals surface area contributed by atoms with Gasteiger partial charge >= 0.3 is 88.7 Å². The number of alkyl halides is 1. The van der Waals surface area contributed by atoms with Gasteiger partial charge in [-0.1, -0.05) is 265 Å². The molecule has 3 aromatic heterocycles. The Bertz CT molecular complexity index is 5390. The smallest absolute Gasteiger partial charge is 0.748 e. The number of aromatic nitrogens is 3. The van der Waals surface area contributed by atoms with Crippen LogP contribution in [0.5, 0.6) is 0 Å². The number of rotatable bonds is 24. The van der Waals surface area contributed by atoms with Gasteiger partial charge in [0, 0.05) is 102 Å². The number of hydrogen-bond donors (Lipinski definition) is 1. The molecule has 0 spiro atoms. The molecule has 0 saturated carbocycles. The zero-order valence-corrected chi connectivity index (χ0v) is 73.4. The number of halogens is 1. The number of nitrogens with zero attached hydrogens (tertiary/aromatic N) is 3. The minimum Gasteiger partial charge on any atom is -0.748 e. The molecular formula is C85H85IN3Na3O12S4. The molecule has 3 heterocycles. The summed E-state index contributed by atoms with van der Waals surface area (Å²) >= 11 is 2.43. The van der Waals surface area contributed by atoms with E-state index < -0.39 is 57.7 Å². The first-order valence-electron chi connectivity index (χ1n) is 34.9. The van der Waals surface area contributed by atoms with E-state index >= 15 is 0 Å². The average molecular weight is 1660 g/mol. The molecule has 23 heteroatoms. The third kappa shape index (κ3) is 24.1. The minimum atomic E-state index is -4.53. The van der Waals surface area contributed by atoms with Crippen LogP contribution in [0.15, 0.2) is 283 Å². The normalized spacial score (nSPS) is 14.1. The maximum absolute atomic E-state index is 12.1. The molecular weight excluding hydrogens is 1580 g/mol. The van der Waals surface area contributed by atoms with Crippen LogP contribution in [0.25, 0.3) is 66.3 Å². The van der Waals surface area contributed by atoms with Gasteiger partial charge in [0.2, 0.25) is 0 Å². The van der Waals surface area contributed by atoms with Gasteiger partial charge in [-0.3, -0.25) is 4.55 Å². The molecule has 0 saturated heterocycles. The SMILES string of the molecule is CC1=C(CCCS(=O)(=O)O)c2ccccc2/C1=C(/C=C/C1=C(CI)C(=C/C=C(\c2c(C)n(CCCS(=O)(=O)[O-])c3ccccc23)c2c(-c3ccccc3)n(CCCS(=O)(=O)[O-])c3ccccc23)/CCC1)c1c(C)n(CCCS(=O)(=O)[O-])c2ccccc12.[Na+].[Na+].[Na+].c1ccccc1.c1ccccc1.c1ccccc1. The number of allylic oxidation sites excluding steroid dienone is 11. The monoisotopic (exact) mass is 1660 g/mol. The summed E-state index contributed by atoms with van der Waals surface area (Å²) in [6, 6.07) is 77.7. The summed E-state index contributed by atoms with van der Waals surface area (Å²) in [4.78, 5) is 0. The maximum atomic E-state index is 12.1. The van der Waals surface area contributed by atoms with Crippen molar-refractivity contribution in [3.05, 3.63) is 322 Å². The van der Waals surface area contributed by atoms with Crippen LogP contribution in [0.2, 0.25) is 0 Å². The fourth-order valence-corrected chi connectivity index (χ4v) is 17.2. The molecule has 13 rings (SSSR count). The van der Waals surface area contributed by atoms with Crippen molar-refractivity contribution in [2.45, 2.75) is 91.8 Å². The van der Waals surface area contributed by atoms with Crippen molar-refractivity contribution in [3.63, 3.8) is 0 Å². The molecule has 0 atom stereocenters. The Morgan fingerprint density at radius 3 is 1.30 bits per heavy atom. The van der Waals surface area contributed by atoms with Crippen molar-refractivity contribution in [2.24, 2.45) is 0 Å². The molecule has 0 bridgehead atoms. The summed E-state index contributed by atoms with van der Waals surface area (Å²) in [5.74, 6) is -1.98. The van der Waals surface area contributed by atoms with Crippen LogP contribution < -0.4 is 88.7 Å². The van der Waals surface area contributed by atoms with E-state index in [-0.39, 0.29) is 140 Å². The fourth-order valence-electron chi connectivity index (χ4n) is 14.3. The molecule has 0 unspecified atom stereocenters. The summed E-state index contributed by atoms with van der Waals surface area (Å²) < 4.78 is 148. The molecule has 0 radical (unpaired) electrons. The Labute approximate surface area is 716 Å². The molecule has 8 aromatic carbocycles. The predicted octanol–water partition coefficient (Wildman–Crippen LogP) is 9.61. The topological polar surface area (TPSA) is 241 Å². The van der Waals surface area contributed by atoms with Crippen LogP contribution >= 0.6 is 22.6 Å². The molecule has 15 nitrogen and oxygen atoms in total. The van der Waals surface area contributed by atoms with E-state index in [1.165, 1.54) is 0 Å². The van der Waals surface area contributed by atoms with Crippen molar-refractivity contribution < 1.29 is 141 Å². The Balaban J connectivity index is 0.000000677. The maximum Gasteiger partial charge on any atom is 1.00 e. The van der Waals surface area contributed by atoms with E-state index in [0.717, 1.165) is 147 Å². The van der Waals surface area contributed by atoms with Gasteiger partial charge in [-0.05, 0) is 152 Å². The van der Waals surface area contributed by atoms with Gasteiger partial charge in [0.05, 0.1) is 41.8 Å². The van der Waals surface area contributed by atoms with E-state index in [0.29, 0.717) is 10.8 Å². The van der Waals surface area contributed by atoms with Crippen LogP contribution in [0.3, 0.4) is 0 Å². The minimum absolute atomic E-state index is 0. The molecule has 0 aliphatic heterocycles. The molecule has 0 fully saturated rings. The molecule has 1 N–H and O–H groups in total. The third-order valence-corrected chi connectivity index (χ3v) is 22.7. The Morgan fingerprint density at radius 2 is 0.843 bits per heavy atom. The van der Waals surface area contributed by atoms with Gasteiger partial charge in [-0.25, -0.2) is 25.3 Å². The zero-order valence-electron chi connectivity index (χ0n) is 61.9. The number of benzene rings is 8. The van der Waals surface area contributed by atoms with Gasteiger partial charge in [0.1, 0.15) is 0 Å². The van der Waals surface area contributed by atoms with E-state index in [2.05, 4.69) is 78.8 Å². The number of fused-ring (bicyclic) bond motifs is 4. The molecule has 546 valence electrons. The second kappa shape index (κ2) is 42.2. The predicted molar refractivity (Wildman–Crippen MR) is 433 cm³/mol. The van der Waals surface area contributed by atoms with Crippen molar-refractivity contribution >= 4 is 118 Å². The van der Waals surface area contributed by atoms with Crippen LogP contribution in [0.4, 0.5) is 0 Å². The standard InChI is InChI=1S/C67H70IN3O12S4.3C6H6.3Na/c1-45-51(29-16-40-84(72,73)74)52-24-7-8-25-53(52)63(45)57(64-46(2)69(37-17-41-85(75,76)77)60-30-12-9-26-54(60)64)35-33-48-22-15-23-49(59(48)44-68)34-36-58(65-47(3)70(38-18-42-86(78,79)80)61-31-13-10-27-55(61)65)66-56-28-11-14-32-62(56)71(39-19-43-87(81,82)83)67(66)50-20-5-4-6-21-50;3*1-2-4-6-5-3-1;;;/h4-14,20-21,24-28,30-36H,15-19,22-23,29,37-44H2,1-3H3,(H,72,73,74)(H,75,76,77)(H,78,79,80)(H,81,82,83);3*1-6H;;;/q;;;;3*+1/p-3/b35-33+,49-34+,58-36+,63-57-;;;;;;. The quantitative estimate of drug-likeness (QED) is 0.0257. The van der Waals surface area contributed by atoms with Gasteiger partial charge in [-0.15, -0.1) is 0 Å². The first kappa shape index (κ1) is 89.4. The summed E-state index contributed by atoms with van der Waals surface area (Å²) in [5, 5.41) is 2.73. The number of para-hydroxylation sites is 3. The van der Waals surface area contributed by atoms with Crippen LogP contribution in [0, 0.1) is 13.8 Å². The molecule has 0 amide bonds. The summed E-state index contributed by atoms with van der Waals surface area (Å²) in [6.45, 7) is 6.84. The van der Waals surface area contributed by atoms with Crippen LogP contribution in [0.1, 0.15) is 97.5 Å². The second-order valence-electron chi connectivity index (χ2n) is 25.8. The second-order valence-corrected chi connectivity index (χ2v) is 32.7. The Morgan fingerprint density at radius 1 is 0.454 bits per heavy atom. The van der Waals surface area contributed by atoms with E-state index in [1.54, 1.807) is 0 Å². The van der Waals surface area contributed by atoms with Crippen molar-refractivity contribution in [2.75, 3.05) is 27.4 Å². The first-order valence-corrected chi connectivity index (χ1v) is 42.8. The molecule has 108 heavy (non-hydrogen) atoms. The van der Waals surface area contributed by atoms with E-state index in [9.17, 15) is 51.9 Å². The van der Waals surface area contributed by atoms with Gasteiger partial charge in [-0.2, -0.15) is 8.42 Å². The van der Waals surface area contributed by atoms with Gasteiger partial charge < -0.3 is 27.4 Å². The van der Waals surface area contributed by atoms with E-state index in [4.69, 9.17) is 0 Å². The van der Waals surface area contributed by atoms with Crippen molar-refractivity contribution in [1.82, 2.24) is 13.7 Å². The largest absolute Gasteiger partial charge is 1.00 e. The number of hydrogen-bond acceptors (Lipinski definition) is 11. The number of aryl methyl sites for hydroxylation is 3. The molecule has 11 aromatic rings. The Kier molecular flexibility index (Phi) is 34.9. The van der Waals surface area contributed by atoms with Crippen molar-refractivity contribution in [3.8, 4) is 11.3 Å². The first-order chi connectivity index (χ1) is 50.4. The zero-order chi connectivity index (χ0) is 74.7. The van der Waals surface area contributed by atoms with Gasteiger partial charge in [0.25, 0.3) is 10.1 Å². The fraction of sp³-hybridized carbons (Fsp3) is 0.224. The summed E-state index contributed by atoms with van der Waals surface area (Å²) in [6.07, 6.45) is 12.0. The molecule has 2 aliphatic rings. The third-order valence-electron chi connectivity index (χ3n) is 18.8. The molecule has 2 aliphatic carbocycles. The average Bonchev–Trinajstić information content (AvgIpc) is 1.58. The van der Waals surface area contributed by atoms with Gasteiger partial charge in [0.15, 0.2) is 0 Å². The van der Waals surface area contributed by atoms with E-state index in [1.807, 2.05) is 239 Å².